The molecule has 0 fully saturated rings. The van der Waals surface area contributed by atoms with Crippen LogP contribution in [0.1, 0.15) is 10.4 Å². The van der Waals surface area contributed by atoms with E-state index in [4.69, 9.17) is 9.84 Å². The van der Waals surface area contributed by atoms with Crippen molar-refractivity contribution in [3.63, 3.8) is 0 Å². The van der Waals surface area contributed by atoms with Crippen LogP contribution in [0.4, 0.5) is 0 Å². The number of methoxy groups -OCH3 is 1. The molecule has 76 valence electrons. The van der Waals surface area contributed by atoms with E-state index in [0.29, 0.717) is 16.8 Å². The number of ether oxygens (including phenoxy) is 1. The Kier molecular flexibility index (Phi) is 2.21. The molecule has 1 aromatic carbocycles. The van der Waals surface area contributed by atoms with Gasteiger partial charge in [0.05, 0.1) is 23.6 Å². The zero-order valence-electron chi connectivity index (χ0n) is 7.97. The number of nitrogens with zero attached hydrogens (tertiary/aromatic N) is 2. The Morgan fingerprint density at radius 3 is 2.87 bits per heavy atom. The zero-order valence-corrected chi connectivity index (χ0v) is 7.97. The van der Waals surface area contributed by atoms with Crippen molar-refractivity contribution in [2.75, 3.05) is 7.11 Å². The van der Waals surface area contributed by atoms with Crippen molar-refractivity contribution in [2.24, 2.45) is 0 Å². The van der Waals surface area contributed by atoms with Gasteiger partial charge in [0, 0.05) is 0 Å². The molecule has 1 N–H and O–H groups in total. The second-order valence-corrected chi connectivity index (χ2v) is 2.92. The smallest absolute Gasteiger partial charge is 0.335 e. The number of carboxylic acid groups (broad SMARTS) is 1. The molecule has 2 aromatic rings. The number of aromatic carboxylic acids is 1. The molecule has 5 nitrogen and oxygen atoms in total. The van der Waals surface area contributed by atoms with Gasteiger partial charge < -0.3 is 9.84 Å². The third-order valence-electron chi connectivity index (χ3n) is 2.04. The van der Waals surface area contributed by atoms with E-state index in [1.165, 1.54) is 25.6 Å². The second kappa shape index (κ2) is 3.53. The molecule has 0 aliphatic heterocycles. The van der Waals surface area contributed by atoms with Crippen molar-refractivity contribution in [2.45, 2.75) is 0 Å². The molecule has 0 aliphatic carbocycles. The monoisotopic (exact) mass is 204 g/mol. The fourth-order valence-electron chi connectivity index (χ4n) is 1.33. The minimum atomic E-state index is -0.977. The molecule has 15 heavy (non-hydrogen) atoms. The number of hydrogen-bond donors (Lipinski definition) is 1. The number of carbonyl (C=O) groups is 1. The van der Waals surface area contributed by atoms with Crippen molar-refractivity contribution in [3.8, 4) is 5.88 Å². The lowest BCUT2D eigenvalue weighted by atomic mass is 10.1. The Labute approximate surface area is 85.4 Å². The van der Waals surface area contributed by atoms with Gasteiger partial charge in [-0.15, -0.1) is 0 Å². The molecule has 0 amide bonds. The summed E-state index contributed by atoms with van der Waals surface area (Å²) in [6.45, 7) is 0. The van der Waals surface area contributed by atoms with Crippen LogP contribution in [0, 0.1) is 0 Å². The molecule has 0 radical (unpaired) electrons. The van der Waals surface area contributed by atoms with E-state index in [2.05, 4.69) is 9.97 Å². The predicted octanol–water partition coefficient (Wildman–Crippen LogP) is 1.34. The van der Waals surface area contributed by atoms with E-state index >= 15 is 0 Å². The van der Waals surface area contributed by atoms with Crippen LogP contribution >= 0.6 is 0 Å². The number of carboxylic acids is 1. The Morgan fingerprint density at radius 1 is 1.40 bits per heavy atom. The minimum absolute atomic E-state index is 0.197. The van der Waals surface area contributed by atoms with Gasteiger partial charge in [-0.25, -0.2) is 14.8 Å². The summed E-state index contributed by atoms with van der Waals surface area (Å²) >= 11 is 0. The number of benzene rings is 1. The molecule has 0 spiro atoms. The van der Waals surface area contributed by atoms with Gasteiger partial charge in [-0.3, -0.25) is 0 Å². The van der Waals surface area contributed by atoms with Gasteiger partial charge in [-0.05, 0) is 18.2 Å². The third kappa shape index (κ3) is 1.59. The molecule has 0 unspecified atom stereocenters. The average Bonchev–Trinajstić information content (AvgIpc) is 2.27. The first-order valence-corrected chi connectivity index (χ1v) is 4.24. The van der Waals surface area contributed by atoms with Crippen molar-refractivity contribution in [3.05, 3.63) is 30.1 Å². The third-order valence-corrected chi connectivity index (χ3v) is 2.04. The quantitative estimate of drug-likeness (QED) is 0.799. The maximum Gasteiger partial charge on any atom is 0.335 e. The maximum atomic E-state index is 10.7. The topological polar surface area (TPSA) is 72.3 Å². The van der Waals surface area contributed by atoms with Crippen molar-refractivity contribution in [1.29, 1.82) is 0 Å². The molecule has 1 heterocycles. The molecule has 1 aromatic heterocycles. The molecule has 2 rings (SSSR count). The summed E-state index contributed by atoms with van der Waals surface area (Å²) < 4.78 is 5.03. The van der Waals surface area contributed by atoms with E-state index in [9.17, 15) is 4.79 Å². The highest BCUT2D eigenvalue weighted by Gasteiger charge is 2.07. The largest absolute Gasteiger partial charge is 0.480 e. The Balaban J connectivity index is 2.69. The molecular formula is C10H8N2O3. The second-order valence-electron chi connectivity index (χ2n) is 2.92. The SMILES string of the molecule is COc1ncnc2cc(C(=O)O)ccc12. The van der Waals surface area contributed by atoms with Crippen LogP contribution in [0.25, 0.3) is 10.9 Å². The summed E-state index contributed by atoms with van der Waals surface area (Å²) in [4.78, 5) is 18.6. The van der Waals surface area contributed by atoms with Gasteiger partial charge in [0.2, 0.25) is 5.88 Å². The van der Waals surface area contributed by atoms with E-state index < -0.39 is 5.97 Å². The van der Waals surface area contributed by atoms with Gasteiger partial charge in [-0.2, -0.15) is 0 Å². The van der Waals surface area contributed by atoms with Gasteiger partial charge in [0.25, 0.3) is 0 Å². The van der Waals surface area contributed by atoms with E-state index in [-0.39, 0.29) is 5.56 Å². The summed E-state index contributed by atoms with van der Waals surface area (Å²) in [7, 11) is 1.51. The van der Waals surface area contributed by atoms with Crippen LogP contribution in [-0.2, 0) is 0 Å². The van der Waals surface area contributed by atoms with Gasteiger partial charge in [0.1, 0.15) is 6.33 Å². The highest BCUT2D eigenvalue weighted by Crippen LogP contribution is 2.21. The van der Waals surface area contributed by atoms with Crippen LogP contribution in [0.2, 0.25) is 0 Å². The number of aromatic nitrogens is 2. The Bertz CT molecular complexity index is 525. The maximum absolute atomic E-state index is 10.7. The van der Waals surface area contributed by atoms with E-state index in [0.717, 1.165) is 0 Å². The first-order chi connectivity index (χ1) is 7.22. The zero-order chi connectivity index (χ0) is 10.8. The first kappa shape index (κ1) is 9.39. The standard InChI is InChI=1S/C10H8N2O3/c1-15-9-7-3-2-6(10(13)14)4-8(7)11-5-12-9/h2-5H,1H3,(H,13,14). The lowest BCUT2D eigenvalue weighted by molar-refractivity contribution is 0.0697. The lowest BCUT2D eigenvalue weighted by Gasteiger charge is -2.03. The highest BCUT2D eigenvalue weighted by molar-refractivity contribution is 5.94. The fraction of sp³-hybridized carbons (Fsp3) is 0.100. The van der Waals surface area contributed by atoms with E-state index in [1.54, 1.807) is 6.07 Å². The fourth-order valence-corrected chi connectivity index (χ4v) is 1.33. The van der Waals surface area contributed by atoms with Crippen LogP contribution < -0.4 is 4.74 Å². The Hall–Kier alpha value is -2.17. The minimum Gasteiger partial charge on any atom is -0.480 e. The van der Waals surface area contributed by atoms with Crippen LogP contribution in [0.5, 0.6) is 5.88 Å². The van der Waals surface area contributed by atoms with Gasteiger partial charge in [0.15, 0.2) is 0 Å². The summed E-state index contributed by atoms with van der Waals surface area (Å²) in [5.74, 6) is -0.536. The highest BCUT2D eigenvalue weighted by atomic mass is 16.5. The Morgan fingerprint density at radius 2 is 2.20 bits per heavy atom. The van der Waals surface area contributed by atoms with Crippen LogP contribution in [0.3, 0.4) is 0 Å². The predicted molar refractivity (Wildman–Crippen MR) is 53.0 cm³/mol. The summed E-state index contributed by atoms with van der Waals surface area (Å²) in [6, 6.07) is 4.62. The van der Waals surface area contributed by atoms with Crippen LogP contribution in [-0.4, -0.2) is 28.2 Å². The number of hydrogen-bond acceptors (Lipinski definition) is 4. The molecule has 0 saturated heterocycles. The van der Waals surface area contributed by atoms with Crippen LogP contribution in [0.15, 0.2) is 24.5 Å². The van der Waals surface area contributed by atoms with Gasteiger partial charge >= 0.3 is 5.97 Å². The molecule has 0 bridgehead atoms. The molecule has 0 atom stereocenters. The summed E-state index contributed by atoms with van der Waals surface area (Å²) in [6.07, 6.45) is 1.34. The average molecular weight is 204 g/mol. The summed E-state index contributed by atoms with van der Waals surface area (Å²) in [5.41, 5.74) is 0.755. The lowest BCUT2D eigenvalue weighted by Crippen LogP contribution is -1.97. The van der Waals surface area contributed by atoms with Gasteiger partial charge in [-0.1, -0.05) is 0 Å². The molecular weight excluding hydrogens is 196 g/mol. The van der Waals surface area contributed by atoms with Crippen molar-refractivity contribution < 1.29 is 14.6 Å². The first-order valence-electron chi connectivity index (χ1n) is 4.24. The number of fused-ring (bicyclic) bond motifs is 1. The van der Waals surface area contributed by atoms with Crippen molar-refractivity contribution in [1.82, 2.24) is 9.97 Å². The number of rotatable bonds is 2. The van der Waals surface area contributed by atoms with Crippen molar-refractivity contribution >= 4 is 16.9 Å². The molecule has 0 saturated carbocycles. The normalized spacial score (nSPS) is 10.2. The van der Waals surface area contributed by atoms with E-state index in [1.807, 2.05) is 0 Å². The summed E-state index contributed by atoms with van der Waals surface area (Å²) in [5, 5.41) is 9.50. The molecule has 0 aliphatic rings. The molecule has 5 heteroatoms.